The largest absolute Gasteiger partial charge is 0.481 e. The molecule has 0 unspecified atom stereocenters. The maximum Gasteiger partial charge on any atom is 0.303 e. The highest BCUT2D eigenvalue weighted by Gasteiger charge is 2.15. The van der Waals surface area contributed by atoms with E-state index in [9.17, 15) is 4.79 Å². The molecule has 0 spiro atoms. The Morgan fingerprint density at radius 3 is 2.83 bits per heavy atom. The number of carbonyl (C=O) groups is 1. The summed E-state index contributed by atoms with van der Waals surface area (Å²) in [5.41, 5.74) is 2.30. The third-order valence-electron chi connectivity index (χ3n) is 4.27. The second-order valence-electron chi connectivity index (χ2n) is 5.94. The molecule has 1 aromatic carbocycles. The first-order chi connectivity index (χ1) is 11.6. The summed E-state index contributed by atoms with van der Waals surface area (Å²) in [7, 11) is 0. The van der Waals surface area contributed by atoms with Gasteiger partial charge in [-0.25, -0.2) is 4.98 Å². The first-order valence-corrected chi connectivity index (χ1v) is 8.44. The average molecular weight is 346 g/mol. The van der Waals surface area contributed by atoms with Crippen molar-refractivity contribution in [3.05, 3.63) is 47.5 Å². The first-order valence-electron chi connectivity index (χ1n) is 8.06. The molecule has 2 aromatic heterocycles. The number of carboxylic acids is 1. The van der Waals surface area contributed by atoms with Crippen LogP contribution < -0.4 is 0 Å². The van der Waals surface area contributed by atoms with Gasteiger partial charge in [0.25, 0.3) is 0 Å². The molecule has 3 rings (SSSR count). The molecule has 0 radical (unpaired) electrons. The smallest absolute Gasteiger partial charge is 0.303 e. The van der Waals surface area contributed by atoms with E-state index >= 15 is 0 Å². The van der Waals surface area contributed by atoms with Crippen LogP contribution in [0.25, 0.3) is 16.7 Å². The van der Waals surface area contributed by atoms with E-state index in [1.165, 1.54) is 0 Å². The molecule has 2 heterocycles. The standard InChI is InChI=1S/C18H20ClN3O2/c1-13-15-11-14(19)6-7-16(15)22(9-4-2-3-5-17(23)24)18(13)21-10-8-20-12-21/h6-8,10-12H,2-5,9H2,1H3,(H,23,24). The number of carboxylic acid groups (broad SMARTS) is 1. The lowest BCUT2D eigenvalue weighted by molar-refractivity contribution is -0.137. The van der Waals surface area contributed by atoms with Crippen molar-refractivity contribution < 1.29 is 9.90 Å². The van der Waals surface area contributed by atoms with Gasteiger partial charge in [0.05, 0.1) is 5.52 Å². The Hall–Kier alpha value is -2.27. The maximum atomic E-state index is 10.6. The number of nitrogens with zero attached hydrogens (tertiary/aromatic N) is 3. The molecule has 0 amide bonds. The fourth-order valence-electron chi connectivity index (χ4n) is 3.15. The topological polar surface area (TPSA) is 60.0 Å². The van der Waals surface area contributed by atoms with E-state index in [0.29, 0.717) is 6.42 Å². The highest BCUT2D eigenvalue weighted by Crippen LogP contribution is 2.31. The zero-order valence-electron chi connectivity index (χ0n) is 13.6. The molecule has 0 bridgehead atoms. The van der Waals surface area contributed by atoms with Crippen molar-refractivity contribution >= 4 is 28.5 Å². The zero-order chi connectivity index (χ0) is 17.1. The second-order valence-corrected chi connectivity index (χ2v) is 6.37. The quantitative estimate of drug-likeness (QED) is 0.644. The molecule has 0 saturated heterocycles. The summed E-state index contributed by atoms with van der Waals surface area (Å²) in [5, 5.41) is 10.6. The van der Waals surface area contributed by atoms with Crippen LogP contribution in [0.2, 0.25) is 5.02 Å². The number of aliphatic carboxylic acids is 1. The third-order valence-corrected chi connectivity index (χ3v) is 4.50. The van der Waals surface area contributed by atoms with Crippen LogP contribution in [-0.4, -0.2) is 25.2 Å². The van der Waals surface area contributed by atoms with Crippen LogP contribution in [0.4, 0.5) is 0 Å². The fraction of sp³-hybridized carbons (Fsp3) is 0.333. The van der Waals surface area contributed by atoms with Crippen molar-refractivity contribution in [3.63, 3.8) is 0 Å². The summed E-state index contributed by atoms with van der Waals surface area (Å²) >= 11 is 6.17. The lowest BCUT2D eigenvalue weighted by Crippen LogP contribution is -2.06. The minimum atomic E-state index is -0.731. The Balaban J connectivity index is 1.92. The number of aryl methyl sites for hydroxylation is 2. The summed E-state index contributed by atoms with van der Waals surface area (Å²) in [6.45, 7) is 2.92. The number of rotatable bonds is 7. The monoisotopic (exact) mass is 345 g/mol. The molecule has 24 heavy (non-hydrogen) atoms. The number of halogens is 1. The minimum absolute atomic E-state index is 0.232. The van der Waals surface area contributed by atoms with E-state index in [1.54, 1.807) is 12.5 Å². The summed E-state index contributed by atoms with van der Waals surface area (Å²) in [4.78, 5) is 14.8. The van der Waals surface area contributed by atoms with Crippen LogP contribution in [0, 0.1) is 6.92 Å². The molecule has 126 valence electrons. The van der Waals surface area contributed by atoms with Gasteiger partial charge in [-0.15, -0.1) is 0 Å². The number of aromatic nitrogens is 3. The van der Waals surface area contributed by atoms with Crippen molar-refractivity contribution in [2.24, 2.45) is 0 Å². The highest BCUT2D eigenvalue weighted by molar-refractivity contribution is 6.31. The minimum Gasteiger partial charge on any atom is -0.481 e. The number of unbranched alkanes of at least 4 members (excludes halogenated alkanes) is 2. The van der Waals surface area contributed by atoms with Crippen molar-refractivity contribution in [2.45, 2.75) is 39.2 Å². The van der Waals surface area contributed by atoms with Gasteiger partial charge in [-0.3, -0.25) is 9.36 Å². The van der Waals surface area contributed by atoms with E-state index < -0.39 is 5.97 Å². The van der Waals surface area contributed by atoms with Crippen molar-refractivity contribution in [2.75, 3.05) is 0 Å². The van der Waals surface area contributed by atoms with Gasteiger partial charge in [0.1, 0.15) is 12.1 Å². The highest BCUT2D eigenvalue weighted by atomic mass is 35.5. The normalized spacial score (nSPS) is 11.2. The van der Waals surface area contributed by atoms with Crippen molar-refractivity contribution in [3.8, 4) is 5.82 Å². The molecule has 6 heteroatoms. The molecule has 5 nitrogen and oxygen atoms in total. The third kappa shape index (κ3) is 3.31. The van der Waals surface area contributed by atoms with Crippen LogP contribution in [-0.2, 0) is 11.3 Å². The summed E-state index contributed by atoms with van der Waals surface area (Å²) in [5.74, 6) is 0.356. The molecule has 0 saturated carbocycles. The van der Waals surface area contributed by atoms with E-state index in [-0.39, 0.29) is 6.42 Å². The van der Waals surface area contributed by atoms with Crippen LogP contribution in [0.5, 0.6) is 0 Å². The lowest BCUT2D eigenvalue weighted by Gasteiger charge is -2.12. The van der Waals surface area contributed by atoms with Crippen LogP contribution in [0.1, 0.15) is 31.2 Å². The van der Waals surface area contributed by atoms with Gasteiger partial charge in [-0.2, -0.15) is 0 Å². The van der Waals surface area contributed by atoms with Gasteiger partial charge in [0, 0.05) is 35.8 Å². The number of hydrogen-bond acceptors (Lipinski definition) is 2. The summed E-state index contributed by atoms with van der Waals surface area (Å²) in [6.07, 6.45) is 8.26. The molecular weight excluding hydrogens is 326 g/mol. The number of imidazole rings is 1. The maximum absolute atomic E-state index is 10.6. The van der Waals surface area contributed by atoms with E-state index in [2.05, 4.69) is 16.5 Å². The van der Waals surface area contributed by atoms with Crippen LogP contribution in [0.3, 0.4) is 0 Å². The zero-order valence-corrected chi connectivity index (χ0v) is 14.3. The number of hydrogen-bond donors (Lipinski definition) is 1. The summed E-state index contributed by atoms with van der Waals surface area (Å²) < 4.78 is 4.28. The predicted molar refractivity (Wildman–Crippen MR) is 94.9 cm³/mol. The number of benzene rings is 1. The van der Waals surface area contributed by atoms with Crippen LogP contribution in [0.15, 0.2) is 36.9 Å². The molecule has 0 fully saturated rings. The van der Waals surface area contributed by atoms with E-state index in [0.717, 1.165) is 46.7 Å². The van der Waals surface area contributed by atoms with Gasteiger partial charge in [-0.05, 0) is 43.5 Å². The van der Waals surface area contributed by atoms with Crippen molar-refractivity contribution in [1.82, 2.24) is 14.1 Å². The van der Waals surface area contributed by atoms with Gasteiger partial charge in [-0.1, -0.05) is 18.0 Å². The van der Waals surface area contributed by atoms with Crippen molar-refractivity contribution in [1.29, 1.82) is 0 Å². The molecule has 1 N–H and O–H groups in total. The van der Waals surface area contributed by atoms with Gasteiger partial charge in [0.15, 0.2) is 0 Å². The van der Waals surface area contributed by atoms with Gasteiger partial charge >= 0.3 is 5.97 Å². The predicted octanol–water partition coefficient (Wildman–Crippen LogP) is 4.43. The molecule has 0 aliphatic carbocycles. The van der Waals surface area contributed by atoms with Crippen LogP contribution >= 0.6 is 11.6 Å². The average Bonchev–Trinajstić information content (AvgIpc) is 3.14. The Kier molecular flexibility index (Phi) is 4.90. The van der Waals surface area contributed by atoms with E-state index in [4.69, 9.17) is 16.7 Å². The Morgan fingerprint density at radius 2 is 2.12 bits per heavy atom. The Morgan fingerprint density at radius 1 is 1.29 bits per heavy atom. The molecule has 0 aliphatic heterocycles. The SMILES string of the molecule is Cc1c(-n2ccnc2)n(CCCCCC(=O)O)c2ccc(Cl)cc12. The summed E-state index contributed by atoms with van der Waals surface area (Å²) in [6, 6.07) is 5.94. The molecule has 0 atom stereocenters. The van der Waals surface area contributed by atoms with Gasteiger partial charge in [0.2, 0.25) is 0 Å². The molecule has 3 aromatic rings. The lowest BCUT2D eigenvalue weighted by atomic mass is 10.2. The Labute approximate surface area is 145 Å². The number of fused-ring (bicyclic) bond motifs is 1. The second kappa shape index (κ2) is 7.09. The fourth-order valence-corrected chi connectivity index (χ4v) is 3.32. The Bertz CT molecular complexity index is 853. The molecule has 0 aliphatic rings. The molecular formula is C18H20ClN3O2. The van der Waals surface area contributed by atoms with Gasteiger partial charge < -0.3 is 9.67 Å². The van der Waals surface area contributed by atoms with E-state index in [1.807, 2.05) is 29.0 Å². The first kappa shape index (κ1) is 16.6.